The Morgan fingerprint density at radius 3 is 2.44 bits per heavy atom. The van der Waals surface area contributed by atoms with E-state index in [-0.39, 0.29) is 10.8 Å². The molecule has 0 fully saturated rings. The van der Waals surface area contributed by atoms with E-state index in [1.165, 1.54) is 10.1 Å². The summed E-state index contributed by atoms with van der Waals surface area (Å²) in [7, 11) is 0. The first kappa shape index (κ1) is 12.8. The molecule has 0 N–H and O–H groups in total. The van der Waals surface area contributed by atoms with E-state index in [1.54, 1.807) is 12.3 Å². The van der Waals surface area contributed by atoms with Crippen LogP contribution in [0.1, 0.15) is 30.9 Å². The molecule has 1 heterocycles. The molecular weight excluding hydrogens is 248 g/mol. The van der Waals surface area contributed by atoms with Crippen molar-refractivity contribution in [3.8, 4) is 0 Å². The molecule has 0 saturated carbocycles. The zero-order valence-electron chi connectivity index (χ0n) is 10.4. The molecule has 0 spiro atoms. The number of rotatable bonds is 3. The summed E-state index contributed by atoms with van der Waals surface area (Å²) in [4.78, 5) is 15.3. The van der Waals surface area contributed by atoms with E-state index < -0.39 is 0 Å². The van der Waals surface area contributed by atoms with Gasteiger partial charge in [0.25, 0.3) is 0 Å². The summed E-state index contributed by atoms with van der Waals surface area (Å²) in [5.41, 5.74) is 2.04. The van der Waals surface area contributed by atoms with Gasteiger partial charge in [-0.15, -0.1) is 0 Å². The smallest absolute Gasteiger partial charge is 0.295 e. The van der Waals surface area contributed by atoms with E-state index in [4.69, 9.17) is 11.6 Å². The summed E-state index contributed by atoms with van der Waals surface area (Å²) in [6, 6.07) is 9.88. The van der Waals surface area contributed by atoms with Crippen LogP contribution in [0.15, 0.2) is 41.3 Å². The van der Waals surface area contributed by atoms with Crippen LogP contribution in [-0.2, 0) is 6.54 Å². The van der Waals surface area contributed by atoms with E-state index in [9.17, 15) is 4.79 Å². The molecule has 0 atom stereocenters. The summed E-state index contributed by atoms with van der Waals surface area (Å²) in [6.07, 6.45) is 1.66. The molecule has 94 valence electrons. The summed E-state index contributed by atoms with van der Waals surface area (Å²) in [5.74, 6) is 0.513. The molecule has 1 aromatic carbocycles. The van der Waals surface area contributed by atoms with Crippen LogP contribution in [0.3, 0.4) is 0 Å². The van der Waals surface area contributed by atoms with Crippen LogP contribution < -0.4 is 5.69 Å². The molecule has 2 aromatic rings. The van der Waals surface area contributed by atoms with Gasteiger partial charge in [-0.2, -0.15) is 4.98 Å². The maximum atomic E-state index is 11.6. The van der Waals surface area contributed by atoms with E-state index in [1.807, 2.05) is 12.1 Å². The summed E-state index contributed by atoms with van der Waals surface area (Å²) < 4.78 is 1.54. The molecular formula is C14H15ClN2O. The first-order valence-electron chi connectivity index (χ1n) is 5.88. The van der Waals surface area contributed by atoms with E-state index in [2.05, 4.69) is 31.0 Å². The lowest BCUT2D eigenvalue weighted by molar-refractivity contribution is 0.726. The zero-order chi connectivity index (χ0) is 13.1. The van der Waals surface area contributed by atoms with Crippen molar-refractivity contribution < 1.29 is 0 Å². The lowest BCUT2D eigenvalue weighted by Crippen LogP contribution is -2.22. The molecule has 0 bridgehead atoms. The van der Waals surface area contributed by atoms with Crippen molar-refractivity contribution in [2.24, 2.45) is 0 Å². The molecule has 4 heteroatoms. The maximum absolute atomic E-state index is 11.6. The number of halogens is 1. The summed E-state index contributed by atoms with van der Waals surface area (Å²) >= 11 is 5.65. The van der Waals surface area contributed by atoms with Crippen molar-refractivity contribution in [3.05, 3.63) is 63.3 Å². The van der Waals surface area contributed by atoms with Crippen molar-refractivity contribution in [1.82, 2.24) is 9.55 Å². The molecule has 0 amide bonds. The average Bonchev–Trinajstić information content (AvgIpc) is 2.33. The van der Waals surface area contributed by atoms with Gasteiger partial charge in [0, 0.05) is 6.20 Å². The van der Waals surface area contributed by atoms with E-state index in [0.29, 0.717) is 12.5 Å². The quantitative estimate of drug-likeness (QED) is 0.797. The van der Waals surface area contributed by atoms with Crippen LogP contribution in [0.25, 0.3) is 0 Å². The fourth-order valence-corrected chi connectivity index (χ4v) is 1.86. The highest BCUT2D eigenvalue weighted by Crippen LogP contribution is 2.15. The fourth-order valence-electron chi connectivity index (χ4n) is 1.73. The first-order valence-corrected chi connectivity index (χ1v) is 6.26. The topological polar surface area (TPSA) is 34.9 Å². The first-order chi connectivity index (χ1) is 8.56. The summed E-state index contributed by atoms with van der Waals surface area (Å²) in [6.45, 7) is 4.83. The van der Waals surface area contributed by atoms with Crippen LogP contribution in [0.4, 0.5) is 0 Å². The maximum Gasteiger partial charge on any atom is 0.349 e. The van der Waals surface area contributed by atoms with Gasteiger partial charge in [-0.3, -0.25) is 4.57 Å². The molecule has 18 heavy (non-hydrogen) atoms. The number of hydrogen-bond acceptors (Lipinski definition) is 2. The predicted octanol–water partition coefficient (Wildman–Crippen LogP) is 3.07. The Hall–Kier alpha value is -1.61. The highest BCUT2D eigenvalue weighted by Gasteiger charge is 2.02. The number of benzene rings is 1. The highest BCUT2D eigenvalue weighted by molar-refractivity contribution is 6.29. The Kier molecular flexibility index (Phi) is 3.82. The van der Waals surface area contributed by atoms with Crippen molar-refractivity contribution in [1.29, 1.82) is 0 Å². The van der Waals surface area contributed by atoms with E-state index in [0.717, 1.165) is 5.56 Å². The average molecular weight is 263 g/mol. The minimum atomic E-state index is -0.324. The molecule has 0 unspecified atom stereocenters. The summed E-state index contributed by atoms with van der Waals surface area (Å²) in [5, 5.41) is 0.228. The Morgan fingerprint density at radius 1 is 1.22 bits per heavy atom. The second-order valence-electron chi connectivity index (χ2n) is 4.56. The van der Waals surface area contributed by atoms with Gasteiger partial charge in [-0.25, -0.2) is 4.79 Å². The Bertz CT molecular complexity index is 587. The van der Waals surface area contributed by atoms with Crippen LogP contribution in [-0.4, -0.2) is 9.55 Å². The monoisotopic (exact) mass is 262 g/mol. The van der Waals surface area contributed by atoms with Gasteiger partial charge in [-0.05, 0) is 23.1 Å². The van der Waals surface area contributed by atoms with Crippen LogP contribution in [0, 0.1) is 0 Å². The number of aromatic nitrogens is 2. The lowest BCUT2D eigenvalue weighted by atomic mass is 10.0. The van der Waals surface area contributed by atoms with Crippen molar-refractivity contribution >= 4 is 11.6 Å². The highest BCUT2D eigenvalue weighted by atomic mass is 35.5. The third-order valence-corrected chi connectivity index (χ3v) is 3.05. The molecule has 0 aliphatic heterocycles. The third-order valence-electron chi connectivity index (χ3n) is 2.84. The zero-order valence-corrected chi connectivity index (χ0v) is 11.2. The Labute approximate surface area is 111 Å². The fraction of sp³-hybridized carbons (Fsp3) is 0.286. The SMILES string of the molecule is CC(C)c1ccc(Cn2ccc(Cl)nc2=O)cc1. The van der Waals surface area contributed by atoms with Gasteiger partial charge in [-0.1, -0.05) is 49.7 Å². The van der Waals surface area contributed by atoms with Gasteiger partial charge in [0.15, 0.2) is 0 Å². The largest absolute Gasteiger partial charge is 0.349 e. The van der Waals surface area contributed by atoms with Gasteiger partial charge in [0.2, 0.25) is 0 Å². The molecule has 0 aliphatic rings. The second kappa shape index (κ2) is 5.36. The molecule has 0 aliphatic carbocycles. The molecule has 1 aromatic heterocycles. The number of hydrogen-bond donors (Lipinski definition) is 0. The molecule has 3 nitrogen and oxygen atoms in total. The second-order valence-corrected chi connectivity index (χ2v) is 4.94. The Morgan fingerprint density at radius 2 is 1.89 bits per heavy atom. The van der Waals surface area contributed by atoms with Crippen LogP contribution >= 0.6 is 11.6 Å². The van der Waals surface area contributed by atoms with Crippen LogP contribution in [0.5, 0.6) is 0 Å². The van der Waals surface area contributed by atoms with Crippen molar-refractivity contribution in [3.63, 3.8) is 0 Å². The van der Waals surface area contributed by atoms with Gasteiger partial charge < -0.3 is 0 Å². The van der Waals surface area contributed by atoms with Gasteiger partial charge >= 0.3 is 5.69 Å². The standard InChI is InChI=1S/C14H15ClN2O/c1-10(2)12-5-3-11(4-6-12)9-17-8-7-13(15)16-14(17)18/h3-8,10H,9H2,1-2H3. The minimum Gasteiger partial charge on any atom is -0.295 e. The van der Waals surface area contributed by atoms with Crippen molar-refractivity contribution in [2.45, 2.75) is 26.3 Å². The Balaban J connectivity index is 2.21. The number of nitrogens with zero attached hydrogens (tertiary/aromatic N) is 2. The molecule has 0 saturated heterocycles. The van der Waals surface area contributed by atoms with Crippen molar-refractivity contribution in [2.75, 3.05) is 0 Å². The predicted molar refractivity (Wildman–Crippen MR) is 73.1 cm³/mol. The minimum absolute atomic E-state index is 0.228. The molecule has 0 radical (unpaired) electrons. The van der Waals surface area contributed by atoms with Gasteiger partial charge in [0.05, 0.1) is 6.54 Å². The lowest BCUT2D eigenvalue weighted by Gasteiger charge is -2.08. The molecule has 2 rings (SSSR count). The van der Waals surface area contributed by atoms with E-state index >= 15 is 0 Å². The third kappa shape index (κ3) is 2.99. The normalized spacial score (nSPS) is 10.9. The van der Waals surface area contributed by atoms with Gasteiger partial charge in [0.1, 0.15) is 5.15 Å². The van der Waals surface area contributed by atoms with Crippen LogP contribution in [0.2, 0.25) is 5.15 Å².